The van der Waals surface area contributed by atoms with Gasteiger partial charge >= 0.3 is 0 Å². The third kappa shape index (κ3) is 2.58. The topological polar surface area (TPSA) is 41.3 Å². The van der Waals surface area contributed by atoms with Crippen LogP contribution in [-0.2, 0) is 6.54 Å². The molecule has 0 spiro atoms. The standard InChI is InChI=1S/C11H19N3O/c1-9-6-12-11(2,3)8-14(9)7-10-4-5-13-15-10/h4-5,9,12H,6-8H2,1-3H3. The second-order valence-electron chi connectivity index (χ2n) is 5.00. The minimum Gasteiger partial charge on any atom is -0.360 e. The van der Waals surface area contributed by atoms with Crippen LogP contribution in [0.3, 0.4) is 0 Å². The van der Waals surface area contributed by atoms with E-state index in [1.807, 2.05) is 6.07 Å². The molecule has 1 aliphatic rings. The third-order valence-electron chi connectivity index (χ3n) is 2.95. The molecule has 1 aromatic rings. The number of nitrogens with one attached hydrogen (secondary N) is 1. The minimum absolute atomic E-state index is 0.187. The second kappa shape index (κ2) is 3.94. The highest BCUT2D eigenvalue weighted by molar-refractivity contribution is 4.97. The molecule has 4 nitrogen and oxygen atoms in total. The Morgan fingerprint density at radius 2 is 2.47 bits per heavy atom. The summed E-state index contributed by atoms with van der Waals surface area (Å²) >= 11 is 0. The zero-order valence-electron chi connectivity index (χ0n) is 9.66. The van der Waals surface area contributed by atoms with Gasteiger partial charge in [-0.25, -0.2) is 0 Å². The summed E-state index contributed by atoms with van der Waals surface area (Å²) in [5.74, 6) is 0.944. The van der Waals surface area contributed by atoms with Crippen molar-refractivity contribution in [2.45, 2.75) is 38.9 Å². The Labute approximate surface area is 90.6 Å². The number of hydrogen-bond acceptors (Lipinski definition) is 4. The van der Waals surface area contributed by atoms with E-state index in [9.17, 15) is 0 Å². The number of hydrogen-bond donors (Lipinski definition) is 1. The van der Waals surface area contributed by atoms with E-state index in [0.717, 1.165) is 25.4 Å². The average Bonchev–Trinajstić information content (AvgIpc) is 2.64. The van der Waals surface area contributed by atoms with Gasteiger partial charge in [0.15, 0.2) is 5.76 Å². The van der Waals surface area contributed by atoms with E-state index in [4.69, 9.17) is 4.52 Å². The van der Waals surface area contributed by atoms with Crippen LogP contribution in [0.25, 0.3) is 0 Å². The van der Waals surface area contributed by atoms with Crippen molar-refractivity contribution in [3.63, 3.8) is 0 Å². The van der Waals surface area contributed by atoms with Crippen molar-refractivity contribution in [1.29, 1.82) is 0 Å². The Morgan fingerprint density at radius 3 is 3.13 bits per heavy atom. The Balaban J connectivity index is 2.01. The van der Waals surface area contributed by atoms with Crippen LogP contribution in [-0.4, -0.2) is 34.7 Å². The summed E-state index contributed by atoms with van der Waals surface area (Å²) in [4.78, 5) is 2.43. The summed E-state index contributed by atoms with van der Waals surface area (Å²) in [5, 5.41) is 7.26. The molecule has 0 saturated carbocycles. The van der Waals surface area contributed by atoms with Crippen LogP contribution in [0.15, 0.2) is 16.8 Å². The molecule has 1 atom stereocenters. The lowest BCUT2D eigenvalue weighted by Crippen LogP contribution is -2.60. The van der Waals surface area contributed by atoms with Crippen molar-refractivity contribution in [2.24, 2.45) is 0 Å². The highest BCUT2D eigenvalue weighted by atomic mass is 16.5. The number of nitrogens with zero attached hydrogens (tertiary/aromatic N) is 2. The van der Waals surface area contributed by atoms with Gasteiger partial charge in [-0.3, -0.25) is 4.90 Å². The maximum atomic E-state index is 5.14. The van der Waals surface area contributed by atoms with E-state index < -0.39 is 0 Å². The van der Waals surface area contributed by atoms with E-state index in [2.05, 4.69) is 36.1 Å². The molecule has 1 unspecified atom stereocenters. The van der Waals surface area contributed by atoms with Gasteiger partial charge in [0.05, 0.1) is 12.7 Å². The highest BCUT2D eigenvalue weighted by Gasteiger charge is 2.30. The van der Waals surface area contributed by atoms with Gasteiger partial charge in [0, 0.05) is 30.7 Å². The molecule has 0 radical (unpaired) electrons. The molecule has 1 aromatic heterocycles. The molecule has 1 aliphatic heterocycles. The zero-order chi connectivity index (χ0) is 10.9. The second-order valence-corrected chi connectivity index (χ2v) is 5.00. The van der Waals surface area contributed by atoms with Gasteiger partial charge in [0.25, 0.3) is 0 Å². The Hall–Kier alpha value is -0.870. The third-order valence-corrected chi connectivity index (χ3v) is 2.95. The fraction of sp³-hybridized carbons (Fsp3) is 0.727. The molecule has 2 heterocycles. The van der Waals surface area contributed by atoms with E-state index in [0.29, 0.717) is 6.04 Å². The zero-order valence-corrected chi connectivity index (χ0v) is 9.66. The van der Waals surface area contributed by atoms with Crippen LogP contribution in [0, 0.1) is 0 Å². The summed E-state index contributed by atoms with van der Waals surface area (Å²) in [6, 6.07) is 2.48. The molecular formula is C11H19N3O. The fourth-order valence-corrected chi connectivity index (χ4v) is 2.01. The largest absolute Gasteiger partial charge is 0.360 e. The van der Waals surface area contributed by atoms with Crippen LogP contribution < -0.4 is 5.32 Å². The SMILES string of the molecule is CC1CNC(C)(C)CN1Cc1ccno1. The molecule has 0 aromatic carbocycles. The molecule has 15 heavy (non-hydrogen) atoms. The maximum Gasteiger partial charge on any atom is 0.150 e. The smallest absolute Gasteiger partial charge is 0.150 e. The first-order valence-electron chi connectivity index (χ1n) is 5.45. The van der Waals surface area contributed by atoms with Crippen molar-refractivity contribution in [1.82, 2.24) is 15.4 Å². The van der Waals surface area contributed by atoms with Crippen molar-refractivity contribution >= 4 is 0 Å². The predicted molar refractivity (Wildman–Crippen MR) is 58.5 cm³/mol. The number of rotatable bonds is 2. The summed E-state index contributed by atoms with van der Waals surface area (Å²) < 4.78 is 5.14. The predicted octanol–water partition coefficient (Wildman–Crippen LogP) is 1.25. The monoisotopic (exact) mass is 209 g/mol. The summed E-state index contributed by atoms with van der Waals surface area (Å²) in [6.45, 7) is 9.61. The molecule has 4 heteroatoms. The molecule has 0 bridgehead atoms. The first kappa shape index (κ1) is 10.6. The van der Waals surface area contributed by atoms with E-state index in [1.165, 1.54) is 0 Å². The van der Waals surface area contributed by atoms with Crippen molar-refractivity contribution in [3.05, 3.63) is 18.0 Å². The van der Waals surface area contributed by atoms with Crippen LogP contribution in [0.5, 0.6) is 0 Å². The number of piperazine rings is 1. The van der Waals surface area contributed by atoms with E-state index >= 15 is 0 Å². The first-order chi connectivity index (χ1) is 7.07. The molecule has 84 valence electrons. The number of aromatic nitrogens is 1. The summed E-state index contributed by atoms with van der Waals surface area (Å²) in [5.41, 5.74) is 0.187. The van der Waals surface area contributed by atoms with Gasteiger partial charge in [0.1, 0.15) is 0 Å². The van der Waals surface area contributed by atoms with Crippen LogP contribution >= 0.6 is 0 Å². The van der Waals surface area contributed by atoms with E-state index in [1.54, 1.807) is 6.20 Å². The molecule has 1 fully saturated rings. The molecule has 2 rings (SSSR count). The Morgan fingerprint density at radius 1 is 1.67 bits per heavy atom. The molecule has 0 aliphatic carbocycles. The van der Waals surface area contributed by atoms with Gasteiger partial charge < -0.3 is 9.84 Å². The molecule has 1 N–H and O–H groups in total. The lowest BCUT2D eigenvalue weighted by molar-refractivity contribution is 0.0885. The normalized spacial score (nSPS) is 26.7. The van der Waals surface area contributed by atoms with Gasteiger partial charge in [0.2, 0.25) is 0 Å². The first-order valence-corrected chi connectivity index (χ1v) is 5.45. The van der Waals surface area contributed by atoms with Gasteiger partial charge in [-0.15, -0.1) is 0 Å². The van der Waals surface area contributed by atoms with Crippen LogP contribution in [0.2, 0.25) is 0 Å². The highest BCUT2D eigenvalue weighted by Crippen LogP contribution is 2.17. The molecule has 1 saturated heterocycles. The molecule has 0 amide bonds. The lowest BCUT2D eigenvalue weighted by atomic mass is 9.99. The maximum absolute atomic E-state index is 5.14. The van der Waals surface area contributed by atoms with Gasteiger partial charge in [-0.05, 0) is 20.8 Å². The van der Waals surface area contributed by atoms with E-state index in [-0.39, 0.29) is 5.54 Å². The minimum atomic E-state index is 0.187. The summed E-state index contributed by atoms with van der Waals surface area (Å²) in [7, 11) is 0. The molecular weight excluding hydrogens is 190 g/mol. The quantitative estimate of drug-likeness (QED) is 0.796. The fourth-order valence-electron chi connectivity index (χ4n) is 2.01. The van der Waals surface area contributed by atoms with Crippen molar-refractivity contribution in [3.8, 4) is 0 Å². The average molecular weight is 209 g/mol. The van der Waals surface area contributed by atoms with Crippen LogP contribution in [0.1, 0.15) is 26.5 Å². The Kier molecular flexibility index (Phi) is 2.80. The lowest BCUT2D eigenvalue weighted by Gasteiger charge is -2.42. The van der Waals surface area contributed by atoms with Crippen molar-refractivity contribution < 1.29 is 4.52 Å². The van der Waals surface area contributed by atoms with Crippen molar-refractivity contribution in [2.75, 3.05) is 13.1 Å². The Bertz CT molecular complexity index is 308. The van der Waals surface area contributed by atoms with Crippen LogP contribution in [0.4, 0.5) is 0 Å². The van der Waals surface area contributed by atoms with Gasteiger partial charge in [-0.2, -0.15) is 0 Å². The van der Waals surface area contributed by atoms with Gasteiger partial charge in [-0.1, -0.05) is 5.16 Å². The summed E-state index contributed by atoms with van der Waals surface area (Å²) in [6.07, 6.45) is 1.70.